The molecule has 1 saturated carbocycles. The third-order valence-corrected chi connectivity index (χ3v) is 4.18. The molecule has 2 aromatic heterocycles. The van der Waals surface area contributed by atoms with Crippen molar-refractivity contribution < 1.29 is 4.74 Å². The van der Waals surface area contributed by atoms with Gasteiger partial charge >= 0.3 is 0 Å². The van der Waals surface area contributed by atoms with Crippen LogP contribution in [0.5, 0.6) is 5.88 Å². The summed E-state index contributed by atoms with van der Waals surface area (Å²) in [4.78, 5) is 12.8. The van der Waals surface area contributed by atoms with E-state index in [4.69, 9.17) is 10.5 Å². The Kier molecular flexibility index (Phi) is 2.62. The predicted octanol–water partition coefficient (Wildman–Crippen LogP) is 2.17. The van der Waals surface area contributed by atoms with Crippen molar-refractivity contribution in [3.05, 3.63) is 6.33 Å². The molecule has 3 rings (SSSR count). The van der Waals surface area contributed by atoms with Crippen molar-refractivity contribution in [2.24, 2.45) is 5.41 Å². The van der Waals surface area contributed by atoms with Crippen LogP contribution in [0.4, 0.5) is 5.95 Å². The molecular weight excluding hydrogens is 242 g/mol. The third kappa shape index (κ3) is 1.74. The Hall–Kier alpha value is -1.85. The average molecular weight is 261 g/mol. The molecule has 19 heavy (non-hydrogen) atoms. The number of ether oxygens (including phenoxy) is 1. The monoisotopic (exact) mass is 261 g/mol. The highest BCUT2D eigenvalue weighted by molar-refractivity contribution is 5.79. The molecule has 6 heteroatoms. The zero-order valence-corrected chi connectivity index (χ0v) is 11.6. The van der Waals surface area contributed by atoms with Gasteiger partial charge in [0.25, 0.3) is 0 Å². The largest absolute Gasteiger partial charge is 0.479 e. The van der Waals surface area contributed by atoms with Crippen LogP contribution in [0, 0.1) is 5.41 Å². The van der Waals surface area contributed by atoms with Crippen LogP contribution in [0.1, 0.15) is 39.2 Å². The number of hydrogen-bond donors (Lipinski definition) is 1. The molecule has 0 bridgehead atoms. The molecule has 0 spiro atoms. The highest BCUT2D eigenvalue weighted by atomic mass is 16.5. The van der Waals surface area contributed by atoms with E-state index in [2.05, 4.69) is 28.8 Å². The fourth-order valence-corrected chi connectivity index (χ4v) is 3.15. The first-order valence-electron chi connectivity index (χ1n) is 6.57. The zero-order chi connectivity index (χ0) is 13.6. The summed E-state index contributed by atoms with van der Waals surface area (Å²) in [6.45, 7) is 4.54. The number of aromatic nitrogens is 4. The molecule has 1 aliphatic rings. The minimum Gasteiger partial charge on any atom is -0.479 e. The van der Waals surface area contributed by atoms with Crippen molar-refractivity contribution in [1.82, 2.24) is 19.5 Å². The van der Waals surface area contributed by atoms with Crippen LogP contribution in [0.15, 0.2) is 6.33 Å². The van der Waals surface area contributed by atoms with E-state index >= 15 is 0 Å². The molecule has 2 heterocycles. The molecule has 6 nitrogen and oxygen atoms in total. The van der Waals surface area contributed by atoms with Gasteiger partial charge < -0.3 is 10.5 Å². The molecule has 1 aliphatic carbocycles. The molecule has 0 amide bonds. The van der Waals surface area contributed by atoms with Crippen LogP contribution < -0.4 is 10.5 Å². The first kappa shape index (κ1) is 12.2. The Labute approximate surface area is 112 Å². The second kappa shape index (κ2) is 4.08. The van der Waals surface area contributed by atoms with Crippen molar-refractivity contribution in [2.75, 3.05) is 12.8 Å². The van der Waals surface area contributed by atoms with Crippen LogP contribution >= 0.6 is 0 Å². The van der Waals surface area contributed by atoms with Gasteiger partial charge in [-0.2, -0.15) is 4.98 Å². The molecule has 0 radical (unpaired) electrons. The number of nitrogens with two attached hydrogens (primary N) is 1. The van der Waals surface area contributed by atoms with E-state index in [1.54, 1.807) is 7.11 Å². The lowest BCUT2D eigenvalue weighted by molar-refractivity contribution is 0.267. The Balaban J connectivity index is 2.22. The van der Waals surface area contributed by atoms with Crippen LogP contribution in [-0.2, 0) is 0 Å². The van der Waals surface area contributed by atoms with Crippen molar-refractivity contribution in [3.8, 4) is 5.88 Å². The maximum atomic E-state index is 6.11. The minimum atomic E-state index is 0.208. The van der Waals surface area contributed by atoms with E-state index in [1.165, 1.54) is 19.2 Å². The van der Waals surface area contributed by atoms with Gasteiger partial charge in [-0.25, -0.2) is 9.97 Å². The van der Waals surface area contributed by atoms with Gasteiger partial charge in [0.2, 0.25) is 11.8 Å². The summed E-state index contributed by atoms with van der Waals surface area (Å²) in [5.74, 6) is 0.972. The summed E-state index contributed by atoms with van der Waals surface area (Å²) in [6, 6.07) is 0.331. The minimum absolute atomic E-state index is 0.208. The van der Waals surface area contributed by atoms with E-state index < -0.39 is 0 Å². The second-order valence-electron chi connectivity index (χ2n) is 5.79. The van der Waals surface area contributed by atoms with Gasteiger partial charge in [-0.05, 0) is 18.3 Å². The summed E-state index contributed by atoms with van der Waals surface area (Å²) >= 11 is 0. The molecule has 0 aromatic carbocycles. The van der Waals surface area contributed by atoms with E-state index in [-0.39, 0.29) is 5.41 Å². The number of methoxy groups -OCH3 is 1. The molecule has 102 valence electrons. The summed E-state index contributed by atoms with van der Waals surface area (Å²) in [6.07, 6.45) is 5.01. The van der Waals surface area contributed by atoms with Gasteiger partial charge in [0, 0.05) is 6.04 Å². The highest BCUT2D eigenvalue weighted by Gasteiger charge is 2.38. The van der Waals surface area contributed by atoms with Gasteiger partial charge in [0.1, 0.15) is 6.33 Å². The molecule has 2 aromatic rings. The normalized spacial score (nSPS) is 21.9. The first-order valence-corrected chi connectivity index (χ1v) is 6.57. The zero-order valence-electron chi connectivity index (χ0n) is 11.6. The van der Waals surface area contributed by atoms with Crippen LogP contribution in [-0.4, -0.2) is 26.6 Å². The van der Waals surface area contributed by atoms with E-state index in [0.717, 1.165) is 12.1 Å². The van der Waals surface area contributed by atoms with Crippen LogP contribution in [0.25, 0.3) is 11.2 Å². The number of nitrogens with zero attached hydrogens (tertiary/aromatic N) is 4. The van der Waals surface area contributed by atoms with Crippen molar-refractivity contribution >= 4 is 17.1 Å². The van der Waals surface area contributed by atoms with Gasteiger partial charge in [-0.15, -0.1) is 0 Å². The number of nitrogen functional groups attached to an aromatic ring is 1. The summed E-state index contributed by atoms with van der Waals surface area (Å²) in [5, 5.41) is 0. The number of rotatable bonds is 2. The summed E-state index contributed by atoms with van der Waals surface area (Å²) in [7, 11) is 1.58. The maximum absolute atomic E-state index is 6.11. The van der Waals surface area contributed by atoms with Gasteiger partial charge in [0.15, 0.2) is 11.2 Å². The molecule has 0 aliphatic heterocycles. The van der Waals surface area contributed by atoms with Crippen molar-refractivity contribution in [2.45, 2.75) is 39.2 Å². The van der Waals surface area contributed by atoms with Gasteiger partial charge in [-0.3, -0.25) is 4.57 Å². The third-order valence-electron chi connectivity index (χ3n) is 4.18. The second-order valence-corrected chi connectivity index (χ2v) is 5.79. The quantitative estimate of drug-likeness (QED) is 0.896. The SMILES string of the molecule is COc1ncnc2c1nc(N)n2C1CCCC1(C)C. The van der Waals surface area contributed by atoms with Crippen molar-refractivity contribution in [1.29, 1.82) is 0 Å². The Morgan fingerprint density at radius 1 is 1.42 bits per heavy atom. The van der Waals surface area contributed by atoms with Gasteiger partial charge in [-0.1, -0.05) is 20.3 Å². The summed E-state index contributed by atoms with van der Waals surface area (Å²) < 4.78 is 7.28. The van der Waals surface area contributed by atoms with Crippen molar-refractivity contribution in [3.63, 3.8) is 0 Å². The Bertz CT molecular complexity index is 619. The molecule has 2 N–H and O–H groups in total. The number of imidazole rings is 1. The lowest BCUT2D eigenvalue weighted by Crippen LogP contribution is -2.23. The van der Waals surface area contributed by atoms with E-state index in [0.29, 0.717) is 23.4 Å². The number of fused-ring (bicyclic) bond motifs is 1. The van der Waals surface area contributed by atoms with Crippen LogP contribution in [0.2, 0.25) is 0 Å². The van der Waals surface area contributed by atoms with E-state index in [1.807, 2.05) is 4.57 Å². The predicted molar refractivity (Wildman–Crippen MR) is 73.0 cm³/mol. The smallest absolute Gasteiger partial charge is 0.245 e. The molecule has 1 unspecified atom stereocenters. The topological polar surface area (TPSA) is 78.8 Å². The Morgan fingerprint density at radius 2 is 2.21 bits per heavy atom. The number of hydrogen-bond acceptors (Lipinski definition) is 5. The molecular formula is C13H19N5O. The fraction of sp³-hybridized carbons (Fsp3) is 0.615. The lowest BCUT2D eigenvalue weighted by atomic mass is 9.87. The first-order chi connectivity index (χ1) is 9.04. The highest BCUT2D eigenvalue weighted by Crippen LogP contribution is 2.47. The standard InChI is InChI=1S/C13H19N5O/c1-13(2)6-4-5-8(13)18-10-9(17-12(18)14)11(19-3)16-7-15-10/h7-8H,4-6H2,1-3H3,(H2,14,17). The van der Waals surface area contributed by atoms with Crippen LogP contribution in [0.3, 0.4) is 0 Å². The molecule has 1 fully saturated rings. The Morgan fingerprint density at radius 3 is 2.84 bits per heavy atom. The van der Waals surface area contributed by atoms with E-state index in [9.17, 15) is 0 Å². The lowest BCUT2D eigenvalue weighted by Gasteiger charge is -2.28. The fourth-order valence-electron chi connectivity index (χ4n) is 3.15. The average Bonchev–Trinajstić information content (AvgIpc) is 2.87. The maximum Gasteiger partial charge on any atom is 0.245 e. The summed E-state index contributed by atoms with van der Waals surface area (Å²) in [5.41, 5.74) is 7.73. The molecule has 0 saturated heterocycles. The number of anilines is 1. The van der Waals surface area contributed by atoms with Gasteiger partial charge in [0.05, 0.1) is 7.11 Å². The molecule has 1 atom stereocenters.